The van der Waals surface area contributed by atoms with Gasteiger partial charge >= 0.3 is 0 Å². The highest BCUT2D eigenvalue weighted by Gasteiger charge is 2.23. The van der Waals surface area contributed by atoms with Crippen molar-refractivity contribution in [3.63, 3.8) is 0 Å². The molecule has 8 heteroatoms. The second-order valence-corrected chi connectivity index (χ2v) is 3.43. The Labute approximate surface area is 101 Å². The van der Waals surface area contributed by atoms with Crippen LogP contribution in [0.25, 0.3) is 0 Å². The molecule has 0 aliphatic heterocycles. The fourth-order valence-corrected chi connectivity index (χ4v) is 1.56. The summed E-state index contributed by atoms with van der Waals surface area (Å²) in [5.41, 5.74) is -0.896. The predicted octanol–water partition coefficient (Wildman–Crippen LogP) is 2.16. The van der Waals surface area contributed by atoms with Crippen molar-refractivity contribution in [2.75, 3.05) is 5.88 Å². The molecule has 17 heavy (non-hydrogen) atoms. The number of halogens is 1. The maximum atomic E-state index is 10.8. The Morgan fingerprint density at radius 1 is 1.29 bits per heavy atom. The largest absolute Gasteiger partial charge is 0.280 e. The van der Waals surface area contributed by atoms with Gasteiger partial charge in [0.05, 0.1) is 27.5 Å². The van der Waals surface area contributed by atoms with Crippen molar-refractivity contribution in [1.82, 2.24) is 0 Å². The Balaban J connectivity index is 3.52. The van der Waals surface area contributed by atoms with Crippen LogP contribution in [-0.4, -0.2) is 15.7 Å². The fraction of sp³-hybridized carbons (Fsp3) is 0.222. The number of non-ortho nitro benzene ring substituents is 1. The average Bonchev–Trinajstić information content (AvgIpc) is 2.28. The van der Waals surface area contributed by atoms with Crippen LogP contribution >= 0.6 is 11.6 Å². The van der Waals surface area contributed by atoms with Crippen LogP contribution in [0.5, 0.6) is 0 Å². The molecule has 0 unspecified atom stereocenters. The first kappa shape index (κ1) is 12.9. The van der Waals surface area contributed by atoms with Crippen molar-refractivity contribution in [3.8, 4) is 6.07 Å². The van der Waals surface area contributed by atoms with Crippen LogP contribution in [0, 0.1) is 31.6 Å². The van der Waals surface area contributed by atoms with Crippen molar-refractivity contribution in [3.05, 3.63) is 43.5 Å². The zero-order valence-electron chi connectivity index (χ0n) is 8.42. The molecule has 88 valence electrons. The Hall–Kier alpha value is -2.20. The minimum atomic E-state index is -0.779. The van der Waals surface area contributed by atoms with Gasteiger partial charge in [0.25, 0.3) is 11.4 Å². The quantitative estimate of drug-likeness (QED) is 0.465. The molecule has 0 radical (unpaired) electrons. The topological polar surface area (TPSA) is 110 Å². The van der Waals surface area contributed by atoms with Gasteiger partial charge in [0.1, 0.15) is 0 Å². The molecule has 0 saturated heterocycles. The Morgan fingerprint density at radius 3 is 2.35 bits per heavy atom. The van der Waals surface area contributed by atoms with E-state index in [1.807, 2.05) is 0 Å². The van der Waals surface area contributed by atoms with Crippen molar-refractivity contribution in [2.24, 2.45) is 0 Å². The van der Waals surface area contributed by atoms with Crippen LogP contribution in [0.2, 0.25) is 0 Å². The molecule has 0 amide bonds. The van der Waals surface area contributed by atoms with E-state index in [9.17, 15) is 20.2 Å². The van der Waals surface area contributed by atoms with Crippen LogP contribution < -0.4 is 0 Å². The molecule has 1 aromatic carbocycles. The van der Waals surface area contributed by atoms with E-state index in [-0.39, 0.29) is 23.4 Å². The SMILES string of the molecule is N#Cc1cc([N+](=O)[O-])cc([N+](=O)[O-])c1CCCl. The first-order chi connectivity index (χ1) is 8.01. The van der Waals surface area contributed by atoms with Crippen LogP contribution in [0.1, 0.15) is 11.1 Å². The molecule has 0 aromatic heterocycles. The van der Waals surface area contributed by atoms with Gasteiger partial charge in [0.2, 0.25) is 0 Å². The smallest absolute Gasteiger partial charge is 0.258 e. The zero-order chi connectivity index (χ0) is 13.0. The number of hydrogen-bond acceptors (Lipinski definition) is 5. The molecule has 0 N–H and O–H groups in total. The summed E-state index contributed by atoms with van der Waals surface area (Å²) in [6, 6.07) is 3.55. The lowest BCUT2D eigenvalue weighted by molar-refractivity contribution is -0.394. The van der Waals surface area contributed by atoms with Gasteiger partial charge in [-0.05, 0) is 6.42 Å². The lowest BCUT2D eigenvalue weighted by Gasteiger charge is -2.03. The molecule has 1 aromatic rings. The molecule has 1 rings (SSSR count). The number of alkyl halides is 1. The van der Waals surface area contributed by atoms with E-state index in [0.29, 0.717) is 0 Å². The van der Waals surface area contributed by atoms with Gasteiger partial charge in [-0.25, -0.2) is 0 Å². The van der Waals surface area contributed by atoms with Crippen molar-refractivity contribution in [2.45, 2.75) is 6.42 Å². The van der Waals surface area contributed by atoms with Gasteiger partial charge in [-0.15, -0.1) is 11.6 Å². The minimum Gasteiger partial charge on any atom is -0.258 e. The lowest BCUT2D eigenvalue weighted by Crippen LogP contribution is -2.02. The predicted molar refractivity (Wildman–Crippen MR) is 58.9 cm³/mol. The summed E-state index contributed by atoms with van der Waals surface area (Å²) in [4.78, 5) is 19.8. The minimum absolute atomic E-state index is 0.0906. The summed E-state index contributed by atoms with van der Waals surface area (Å²) in [7, 11) is 0. The third kappa shape index (κ3) is 2.68. The maximum absolute atomic E-state index is 10.8. The molecule has 0 aliphatic carbocycles. The number of nitro groups is 2. The molecular weight excluding hydrogens is 250 g/mol. The van der Waals surface area contributed by atoms with Crippen molar-refractivity contribution >= 4 is 23.0 Å². The summed E-state index contributed by atoms with van der Waals surface area (Å²) >= 11 is 5.48. The molecule has 0 fully saturated rings. The van der Waals surface area contributed by atoms with E-state index in [1.165, 1.54) is 0 Å². The summed E-state index contributed by atoms with van der Waals surface area (Å²) in [6.45, 7) is 0. The van der Waals surface area contributed by atoms with Crippen LogP contribution in [0.15, 0.2) is 12.1 Å². The van der Waals surface area contributed by atoms with Gasteiger partial charge in [-0.3, -0.25) is 20.2 Å². The molecule has 0 atom stereocenters. The first-order valence-electron chi connectivity index (χ1n) is 4.43. The second-order valence-electron chi connectivity index (χ2n) is 3.06. The van der Waals surface area contributed by atoms with Crippen LogP contribution in [-0.2, 0) is 6.42 Å². The molecule has 0 spiro atoms. The molecule has 0 bridgehead atoms. The molecule has 7 nitrogen and oxygen atoms in total. The standard InChI is InChI=1S/C9H6ClN3O4/c10-2-1-8-6(5-11)3-7(12(14)15)4-9(8)13(16)17/h3-4H,1-2H2. The normalized spacial score (nSPS) is 9.65. The third-order valence-corrected chi connectivity index (χ3v) is 2.27. The highest BCUT2D eigenvalue weighted by Crippen LogP contribution is 2.28. The van der Waals surface area contributed by atoms with E-state index in [4.69, 9.17) is 16.9 Å². The Bertz CT molecular complexity index is 524. The molecular formula is C9H6ClN3O4. The number of benzene rings is 1. The average molecular weight is 256 g/mol. The van der Waals surface area contributed by atoms with Gasteiger partial charge < -0.3 is 0 Å². The molecule has 0 aliphatic rings. The van der Waals surface area contributed by atoms with E-state index in [0.717, 1.165) is 12.1 Å². The number of hydrogen-bond donors (Lipinski definition) is 0. The lowest BCUT2D eigenvalue weighted by atomic mass is 10.0. The first-order valence-corrected chi connectivity index (χ1v) is 4.96. The summed E-state index contributed by atoms with van der Waals surface area (Å²) in [5.74, 6) is 0.0906. The maximum Gasteiger partial charge on any atom is 0.280 e. The second kappa shape index (κ2) is 5.23. The Kier molecular flexibility index (Phi) is 3.96. The highest BCUT2D eigenvalue weighted by atomic mass is 35.5. The van der Waals surface area contributed by atoms with Gasteiger partial charge in [-0.2, -0.15) is 5.26 Å². The van der Waals surface area contributed by atoms with Gasteiger partial charge in [0, 0.05) is 17.5 Å². The zero-order valence-corrected chi connectivity index (χ0v) is 9.18. The monoisotopic (exact) mass is 255 g/mol. The van der Waals surface area contributed by atoms with Crippen molar-refractivity contribution in [1.29, 1.82) is 5.26 Å². The number of nitro benzene ring substituents is 2. The van der Waals surface area contributed by atoms with Crippen LogP contribution in [0.3, 0.4) is 0 Å². The fourth-order valence-electron chi connectivity index (χ4n) is 1.37. The van der Waals surface area contributed by atoms with Crippen LogP contribution in [0.4, 0.5) is 11.4 Å². The van der Waals surface area contributed by atoms with E-state index < -0.39 is 21.2 Å². The number of nitriles is 1. The number of nitrogens with zero attached hydrogens (tertiary/aromatic N) is 3. The van der Waals surface area contributed by atoms with Crippen molar-refractivity contribution < 1.29 is 9.85 Å². The number of rotatable bonds is 4. The summed E-state index contributed by atoms with van der Waals surface area (Å²) < 4.78 is 0. The van der Waals surface area contributed by atoms with E-state index >= 15 is 0 Å². The highest BCUT2D eigenvalue weighted by molar-refractivity contribution is 6.18. The van der Waals surface area contributed by atoms with E-state index in [2.05, 4.69) is 0 Å². The summed E-state index contributed by atoms with van der Waals surface area (Å²) in [5, 5.41) is 30.1. The Morgan fingerprint density at radius 2 is 1.94 bits per heavy atom. The molecule has 0 heterocycles. The third-order valence-electron chi connectivity index (χ3n) is 2.08. The van der Waals surface area contributed by atoms with E-state index in [1.54, 1.807) is 6.07 Å². The summed E-state index contributed by atoms with van der Waals surface area (Å²) in [6.07, 6.45) is 0.110. The van der Waals surface area contributed by atoms with Gasteiger partial charge in [0.15, 0.2) is 0 Å². The molecule has 0 saturated carbocycles. The van der Waals surface area contributed by atoms with Gasteiger partial charge in [-0.1, -0.05) is 0 Å².